The molecule has 54 valence electrons. The summed E-state index contributed by atoms with van der Waals surface area (Å²) in [5.74, 6) is 0. The van der Waals surface area contributed by atoms with E-state index in [1.807, 2.05) is 18.4 Å². The number of nitrogens with zero attached hydrogens (tertiary/aromatic N) is 2. The van der Waals surface area contributed by atoms with Crippen LogP contribution in [0.25, 0.3) is 0 Å². The van der Waals surface area contributed by atoms with Gasteiger partial charge in [-0.1, -0.05) is 0 Å². The summed E-state index contributed by atoms with van der Waals surface area (Å²) in [6.45, 7) is 0. The van der Waals surface area contributed by atoms with E-state index in [9.17, 15) is 0 Å². The smallest absolute Gasteiger partial charge is 0.129 e. The maximum Gasteiger partial charge on any atom is 0.129 e. The van der Waals surface area contributed by atoms with Gasteiger partial charge in [0.05, 0.1) is 0 Å². The third-order valence-corrected chi connectivity index (χ3v) is 2.52. The highest BCUT2D eigenvalue weighted by Crippen LogP contribution is 2.19. The highest BCUT2D eigenvalue weighted by Gasteiger charge is 1.93. The van der Waals surface area contributed by atoms with Crippen molar-refractivity contribution in [3.8, 4) is 0 Å². The van der Waals surface area contributed by atoms with Crippen LogP contribution in [0.5, 0.6) is 0 Å². The van der Waals surface area contributed by atoms with Crippen molar-refractivity contribution in [2.45, 2.75) is 10.1 Å². The maximum absolute atomic E-state index is 3.98. The van der Waals surface area contributed by atoms with Crippen molar-refractivity contribution >= 4 is 34.2 Å². The van der Waals surface area contributed by atoms with Crippen LogP contribution in [0.3, 0.4) is 0 Å². The van der Waals surface area contributed by atoms with E-state index in [1.165, 1.54) is 10.8 Å². The topological polar surface area (TPSA) is 25.8 Å². The molecular weight excluding hydrogens is 184 g/mol. The van der Waals surface area contributed by atoms with Gasteiger partial charge < -0.3 is 0 Å². The van der Waals surface area contributed by atoms with Gasteiger partial charge in [-0.25, -0.2) is 0 Å². The second-order valence-electron chi connectivity index (χ2n) is 1.51. The van der Waals surface area contributed by atoms with Crippen molar-refractivity contribution in [3.63, 3.8) is 0 Å². The molecule has 1 aromatic heterocycles. The van der Waals surface area contributed by atoms with Crippen molar-refractivity contribution in [2.24, 2.45) is 0 Å². The predicted molar refractivity (Wildman–Crippen MR) is 48.7 cm³/mol. The Kier molecular flexibility index (Phi) is 3.37. The Hall–Kier alpha value is 0.130. The van der Waals surface area contributed by atoms with E-state index in [4.69, 9.17) is 0 Å². The lowest BCUT2D eigenvalue weighted by Crippen LogP contribution is -1.84. The summed E-state index contributed by atoms with van der Waals surface area (Å²) >= 11 is 5.56. The molecule has 0 spiro atoms. The van der Waals surface area contributed by atoms with E-state index in [2.05, 4.69) is 21.9 Å². The van der Waals surface area contributed by atoms with E-state index in [-0.39, 0.29) is 0 Å². The van der Waals surface area contributed by atoms with Crippen LogP contribution in [0.2, 0.25) is 0 Å². The van der Waals surface area contributed by atoms with Gasteiger partial charge in [0.25, 0.3) is 0 Å². The Morgan fingerprint density at radius 2 is 1.90 bits per heavy atom. The Morgan fingerprint density at radius 3 is 2.30 bits per heavy atom. The Morgan fingerprint density at radius 1 is 1.30 bits per heavy atom. The van der Waals surface area contributed by atoms with Crippen LogP contribution in [0.1, 0.15) is 0 Å². The quantitative estimate of drug-likeness (QED) is 0.439. The molecule has 1 rings (SSSR count). The van der Waals surface area contributed by atoms with Gasteiger partial charge >= 0.3 is 0 Å². The van der Waals surface area contributed by atoms with Crippen LogP contribution >= 0.6 is 34.2 Å². The molecule has 0 saturated carbocycles. The first-order valence-corrected chi connectivity index (χ1v) is 5.65. The van der Waals surface area contributed by atoms with E-state index >= 15 is 0 Å². The van der Waals surface area contributed by atoms with Gasteiger partial charge in [0, 0.05) is 0 Å². The summed E-state index contributed by atoms with van der Waals surface area (Å²) in [6, 6.07) is 3.83. The van der Waals surface area contributed by atoms with Crippen molar-refractivity contribution < 1.29 is 0 Å². The van der Waals surface area contributed by atoms with Gasteiger partial charge in [-0.3, -0.25) is 0 Å². The molecule has 0 aromatic carbocycles. The van der Waals surface area contributed by atoms with Crippen LogP contribution in [-0.4, -0.2) is 16.5 Å². The molecule has 0 radical (unpaired) electrons. The number of rotatable bonds is 2. The normalized spacial score (nSPS) is 9.80. The average molecular weight is 190 g/mol. The number of hydrogen-bond acceptors (Lipinski definition) is 5. The number of thiol groups is 1. The lowest BCUT2D eigenvalue weighted by molar-refractivity contribution is 0.858. The second-order valence-corrected chi connectivity index (χ2v) is 3.48. The summed E-state index contributed by atoms with van der Waals surface area (Å²) < 4.78 is 0. The minimum atomic E-state index is 0.834. The molecule has 0 aliphatic heterocycles. The van der Waals surface area contributed by atoms with Gasteiger partial charge in [0.1, 0.15) is 10.1 Å². The molecule has 0 aliphatic carbocycles. The molecule has 0 aliphatic rings. The molecule has 0 amide bonds. The third kappa shape index (κ3) is 2.07. The largest absolute Gasteiger partial charge is 0.143 e. The first kappa shape index (κ1) is 8.23. The van der Waals surface area contributed by atoms with Crippen LogP contribution in [0.15, 0.2) is 22.2 Å². The SMILES string of the molecule is CSc1ccc(SS)nn1. The zero-order valence-corrected chi connectivity index (χ0v) is 7.84. The molecule has 0 unspecified atom stereocenters. The first-order chi connectivity index (χ1) is 4.86. The summed E-state index contributed by atoms with van der Waals surface area (Å²) in [4.78, 5) is 0. The van der Waals surface area contributed by atoms with Crippen molar-refractivity contribution in [1.29, 1.82) is 0 Å². The molecule has 10 heavy (non-hydrogen) atoms. The maximum atomic E-state index is 3.98. The van der Waals surface area contributed by atoms with Crippen LogP contribution in [-0.2, 0) is 0 Å². The standard InChI is InChI=1S/C5H6N2S3/c1-9-4-2-3-5(10-8)7-6-4/h2-3,8H,1H3. The molecule has 0 fully saturated rings. The molecule has 0 N–H and O–H groups in total. The molecule has 0 bridgehead atoms. The lowest BCUT2D eigenvalue weighted by atomic mass is 10.6. The van der Waals surface area contributed by atoms with Gasteiger partial charge in [0.15, 0.2) is 0 Å². The van der Waals surface area contributed by atoms with Gasteiger partial charge in [-0.15, -0.1) is 33.6 Å². The molecule has 2 nitrogen and oxygen atoms in total. The van der Waals surface area contributed by atoms with Gasteiger partial charge in [-0.2, -0.15) is 0 Å². The summed E-state index contributed by atoms with van der Waals surface area (Å²) in [6.07, 6.45) is 1.97. The molecule has 1 heterocycles. The minimum absolute atomic E-state index is 0.834. The second kappa shape index (κ2) is 4.10. The first-order valence-electron chi connectivity index (χ1n) is 2.56. The van der Waals surface area contributed by atoms with Crippen molar-refractivity contribution in [3.05, 3.63) is 12.1 Å². The summed E-state index contributed by atoms with van der Waals surface area (Å²) in [5.41, 5.74) is 0. The van der Waals surface area contributed by atoms with E-state index in [0.717, 1.165) is 10.1 Å². The molecule has 1 aromatic rings. The van der Waals surface area contributed by atoms with Crippen LogP contribution < -0.4 is 0 Å². The summed E-state index contributed by atoms with van der Waals surface area (Å²) in [7, 11) is 1.30. The molecular formula is C5H6N2S3. The van der Waals surface area contributed by atoms with Crippen molar-refractivity contribution in [2.75, 3.05) is 6.26 Å². The Labute approximate surface area is 73.0 Å². The van der Waals surface area contributed by atoms with Gasteiger partial charge in [-0.05, 0) is 29.2 Å². The number of hydrogen-bond donors (Lipinski definition) is 1. The fraction of sp³-hybridized carbons (Fsp3) is 0.200. The Bertz CT molecular complexity index is 176. The van der Waals surface area contributed by atoms with E-state index in [0.29, 0.717) is 0 Å². The zero-order valence-electron chi connectivity index (χ0n) is 5.31. The number of thioether (sulfide) groups is 1. The minimum Gasteiger partial charge on any atom is -0.143 e. The molecule has 0 saturated heterocycles. The molecule has 0 atom stereocenters. The summed E-state index contributed by atoms with van der Waals surface area (Å²) in [5, 5.41) is 9.57. The predicted octanol–water partition coefficient (Wildman–Crippen LogP) is 2.14. The van der Waals surface area contributed by atoms with E-state index in [1.54, 1.807) is 11.8 Å². The van der Waals surface area contributed by atoms with Crippen LogP contribution in [0, 0.1) is 0 Å². The van der Waals surface area contributed by atoms with Crippen molar-refractivity contribution in [1.82, 2.24) is 10.2 Å². The van der Waals surface area contributed by atoms with Gasteiger partial charge in [0.2, 0.25) is 0 Å². The van der Waals surface area contributed by atoms with E-state index < -0.39 is 0 Å². The third-order valence-electron chi connectivity index (χ3n) is 0.918. The number of aromatic nitrogens is 2. The Balaban J connectivity index is 2.80. The zero-order chi connectivity index (χ0) is 7.40. The monoisotopic (exact) mass is 190 g/mol. The highest BCUT2D eigenvalue weighted by molar-refractivity contribution is 8.68. The fourth-order valence-electron chi connectivity index (χ4n) is 0.465. The fourth-order valence-corrected chi connectivity index (χ4v) is 1.29. The average Bonchev–Trinajstić information content (AvgIpc) is 2.05. The molecule has 5 heteroatoms. The highest BCUT2D eigenvalue weighted by atomic mass is 33.1. The lowest BCUT2D eigenvalue weighted by Gasteiger charge is -1.93. The van der Waals surface area contributed by atoms with Crippen LogP contribution in [0.4, 0.5) is 0 Å².